The van der Waals surface area contributed by atoms with Gasteiger partial charge in [0.2, 0.25) is 0 Å². The summed E-state index contributed by atoms with van der Waals surface area (Å²) in [6.07, 6.45) is 4.04. The van der Waals surface area contributed by atoms with Gasteiger partial charge < -0.3 is 15.2 Å². The van der Waals surface area contributed by atoms with Crippen molar-refractivity contribution in [2.75, 3.05) is 13.7 Å². The largest absolute Gasteiger partial charge is 0.492 e. The second-order valence-corrected chi connectivity index (χ2v) is 5.70. The number of benzene rings is 1. The highest BCUT2D eigenvalue weighted by Crippen LogP contribution is 2.32. The van der Waals surface area contributed by atoms with E-state index < -0.39 is 0 Å². The summed E-state index contributed by atoms with van der Waals surface area (Å²) in [6, 6.07) is 9.19. The van der Waals surface area contributed by atoms with Gasteiger partial charge in [0.1, 0.15) is 5.75 Å². The Labute approximate surface area is 135 Å². The predicted molar refractivity (Wildman–Crippen MR) is 87.2 cm³/mol. The first-order chi connectivity index (χ1) is 11.2. The molecule has 5 nitrogen and oxygen atoms in total. The summed E-state index contributed by atoms with van der Waals surface area (Å²) in [5.41, 5.74) is 2.73. The van der Waals surface area contributed by atoms with Gasteiger partial charge in [0, 0.05) is 18.8 Å². The van der Waals surface area contributed by atoms with Crippen molar-refractivity contribution >= 4 is 5.91 Å². The van der Waals surface area contributed by atoms with Crippen molar-refractivity contribution in [2.24, 2.45) is 5.92 Å². The van der Waals surface area contributed by atoms with E-state index in [1.54, 1.807) is 19.3 Å². The molecule has 3 rings (SSSR count). The van der Waals surface area contributed by atoms with Crippen LogP contribution in [0.4, 0.5) is 0 Å². The molecule has 1 aliphatic carbocycles. The molecule has 1 aliphatic rings. The Bertz CT molecular complexity index is 711. The van der Waals surface area contributed by atoms with Crippen molar-refractivity contribution in [3.8, 4) is 16.9 Å². The Morgan fingerprint density at radius 1 is 1.39 bits per heavy atom. The topological polar surface area (TPSA) is 71.5 Å². The van der Waals surface area contributed by atoms with E-state index in [0.29, 0.717) is 29.5 Å². The molecular formula is C18H20N2O3. The molecule has 2 aromatic rings. The first-order valence-electron chi connectivity index (χ1n) is 7.77. The van der Waals surface area contributed by atoms with Crippen LogP contribution in [0.5, 0.6) is 5.75 Å². The van der Waals surface area contributed by atoms with Gasteiger partial charge in [-0.3, -0.25) is 9.78 Å². The van der Waals surface area contributed by atoms with Crippen molar-refractivity contribution in [3.63, 3.8) is 0 Å². The molecule has 2 N–H and O–H groups in total. The summed E-state index contributed by atoms with van der Waals surface area (Å²) in [4.78, 5) is 16.4. The maximum absolute atomic E-state index is 12.2. The fourth-order valence-electron chi connectivity index (χ4n) is 2.45. The SMILES string of the molecule is CNC(=O)c1cc(-c2cccnc2CO)ccc1OCC1CC1. The molecule has 1 heterocycles. The normalized spacial score (nSPS) is 13.7. The van der Waals surface area contributed by atoms with Crippen molar-refractivity contribution in [1.82, 2.24) is 10.3 Å². The van der Waals surface area contributed by atoms with Crippen LogP contribution in [0.25, 0.3) is 11.1 Å². The van der Waals surface area contributed by atoms with Crippen LogP contribution in [0.15, 0.2) is 36.5 Å². The number of hydrogen-bond acceptors (Lipinski definition) is 4. The highest BCUT2D eigenvalue weighted by molar-refractivity contribution is 5.98. The second-order valence-electron chi connectivity index (χ2n) is 5.70. The first-order valence-corrected chi connectivity index (χ1v) is 7.77. The molecular weight excluding hydrogens is 292 g/mol. The van der Waals surface area contributed by atoms with Crippen molar-refractivity contribution in [2.45, 2.75) is 19.4 Å². The van der Waals surface area contributed by atoms with E-state index >= 15 is 0 Å². The monoisotopic (exact) mass is 312 g/mol. The lowest BCUT2D eigenvalue weighted by Crippen LogP contribution is -2.19. The minimum absolute atomic E-state index is 0.147. The van der Waals surface area contributed by atoms with Crippen LogP contribution in [0, 0.1) is 5.92 Å². The maximum atomic E-state index is 12.2. The second kappa shape index (κ2) is 6.79. The summed E-state index contributed by atoms with van der Waals surface area (Å²) >= 11 is 0. The van der Waals surface area contributed by atoms with Gasteiger partial charge in [-0.1, -0.05) is 12.1 Å². The van der Waals surface area contributed by atoms with E-state index in [1.807, 2.05) is 24.3 Å². The maximum Gasteiger partial charge on any atom is 0.254 e. The molecule has 0 radical (unpaired) electrons. The van der Waals surface area contributed by atoms with Gasteiger partial charge in [-0.25, -0.2) is 0 Å². The first kappa shape index (κ1) is 15.5. The highest BCUT2D eigenvalue weighted by atomic mass is 16.5. The Morgan fingerprint density at radius 2 is 2.22 bits per heavy atom. The Balaban J connectivity index is 1.96. The molecule has 0 spiro atoms. The van der Waals surface area contributed by atoms with E-state index in [4.69, 9.17) is 4.74 Å². The molecule has 0 aliphatic heterocycles. The van der Waals surface area contributed by atoms with E-state index in [9.17, 15) is 9.90 Å². The zero-order valence-electron chi connectivity index (χ0n) is 13.1. The lowest BCUT2D eigenvalue weighted by Gasteiger charge is -2.13. The van der Waals surface area contributed by atoms with Gasteiger partial charge >= 0.3 is 0 Å². The summed E-state index contributed by atoms with van der Waals surface area (Å²) in [7, 11) is 1.60. The van der Waals surface area contributed by atoms with E-state index in [2.05, 4.69) is 10.3 Å². The number of aliphatic hydroxyl groups is 1. The van der Waals surface area contributed by atoms with Gasteiger partial charge in [0.05, 0.1) is 24.5 Å². The number of hydrogen-bond donors (Lipinski definition) is 2. The molecule has 0 bridgehead atoms. The van der Waals surface area contributed by atoms with Crippen LogP contribution >= 0.6 is 0 Å². The van der Waals surface area contributed by atoms with Crippen LogP contribution in [0.1, 0.15) is 28.9 Å². The minimum Gasteiger partial charge on any atom is -0.492 e. The smallest absolute Gasteiger partial charge is 0.254 e. The Kier molecular flexibility index (Phi) is 4.57. The van der Waals surface area contributed by atoms with Crippen LogP contribution in [-0.4, -0.2) is 29.7 Å². The quantitative estimate of drug-likeness (QED) is 0.859. The molecule has 5 heteroatoms. The Hall–Kier alpha value is -2.40. The fourth-order valence-corrected chi connectivity index (χ4v) is 2.45. The molecule has 0 unspecified atom stereocenters. The van der Waals surface area contributed by atoms with E-state index in [0.717, 1.165) is 11.1 Å². The number of rotatable bonds is 6. The number of nitrogens with one attached hydrogen (secondary N) is 1. The summed E-state index contributed by atoms with van der Waals surface area (Å²) < 4.78 is 5.81. The molecule has 0 saturated heterocycles. The van der Waals surface area contributed by atoms with Crippen molar-refractivity contribution in [1.29, 1.82) is 0 Å². The zero-order chi connectivity index (χ0) is 16.2. The van der Waals surface area contributed by atoms with E-state index in [-0.39, 0.29) is 12.5 Å². The number of nitrogens with zero attached hydrogens (tertiary/aromatic N) is 1. The summed E-state index contributed by atoms with van der Waals surface area (Å²) in [6.45, 7) is 0.504. The van der Waals surface area contributed by atoms with Gasteiger partial charge in [0.15, 0.2) is 0 Å². The van der Waals surface area contributed by atoms with Gasteiger partial charge in [-0.2, -0.15) is 0 Å². The number of ether oxygens (including phenoxy) is 1. The molecule has 1 saturated carbocycles. The molecule has 1 aromatic carbocycles. The van der Waals surface area contributed by atoms with Crippen molar-refractivity contribution < 1.29 is 14.6 Å². The third-order valence-electron chi connectivity index (χ3n) is 3.97. The molecule has 120 valence electrons. The zero-order valence-corrected chi connectivity index (χ0v) is 13.1. The number of carbonyl (C=O) groups is 1. The lowest BCUT2D eigenvalue weighted by molar-refractivity contribution is 0.0959. The van der Waals surface area contributed by atoms with Crippen LogP contribution in [0.2, 0.25) is 0 Å². The van der Waals surface area contributed by atoms with Gasteiger partial charge in [-0.15, -0.1) is 0 Å². The molecule has 23 heavy (non-hydrogen) atoms. The fraction of sp³-hybridized carbons (Fsp3) is 0.333. The minimum atomic E-state index is -0.188. The summed E-state index contributed by atoms with van der Waals surface area (Å²) in [5.74, 6) is 1.02. The van der Waals surface area contributed by atoms with Crippen LogP contribution in [0.3, 0.4) is 0 Å². The third kappa shape index (κ3) is 3.51. The molecule has 1 amide bonds. The number of carbonyl (C=O) groups excluding carboxylic acids is 1. The lowest BCUT2D eigenvalue weighted by atomic mass is 10.0. The number of aromatic nitrogens is 1. The average molecular weight is 312 g/mol. The van der Waals surface area contributed by atoms with Crippen molar-refractivity contribution in [3.05, 3.63) is 47.8 Å². The van der Waals surface area contributed by atoms with Gasteiger partial charge in [-0.05, 0) is 42.5 Å². The molecule has 1 fully saturated rings. The van der Waals surface area contributed by atoms with Crippen LogP contribution < -0.4 is 10.1 Å². The number of amides is 1. The molecule has 0 atom stereocenters. The number of aliphatic hydroxyl groups excluding tert-OH is 1. The molecule has 1 aromatic heterocycles. The average Bonchev–Trinajstić information content (AvgIpc) is 3.43. The Morgan fingerprint density at radius 3 is 2.91 bits per heavy atom. The predicted octanol–water partition coefficient (Wildman–Crippen LogP) is 2.39. The summed E-state index contributed by atoms with van der Waals surface area (Å²) in [5, 5.41) is 12.1. The standard InChI is InChI=1S/C18H20N2O3/c1-19-18(22)15-9-13(14-3-2-8-20-16(14)10-21)6-7-17(15)23-11-12-4-5-12/h2-3,6-9,12,21H,4-5,10-11H2,1H3,(H,19,22). The third-order valence-corrected chi connectivity index (χ3v) is 3.97. The highest BCUT2D eigenvalue weighted by Gasteiger charge is 2.23. The van der Waals surface area contributed by atoms with E-state index in [1.165, 1.54) is 12.8 Å². The van der Waals surface area contributed by atoms with Crippen LogP contribution in [-0.2, 0) is 6.61 Å². The number of pyridine rings is 1. The van der Waals surface area contributed by atoms with Gasteiger partial charge in [0.25, 0.3) is 5.91 Å².